The Morgan fingerprint density at radius 3 is 1.97 bits per heavy atom. The quantitative estimate of drug-likeness (QED) is 0.226. The predicted molar refractivity (Wildman–Crippen MR) is 152 cm³/mol. The number of benzene rings is 5. The van der Waals surface area contributed by atoms with Gasteiger partial charge in [-0.3, -0.25) is 4.31 Å². The predicted octanol–water partition coefficient (Wildman–Crippen LogP) is 8.00. The molecule has 0 unspecified atom stereocenters. The summed E-state index contributed by atoms with van der Waals surface area (Å²) in [6.45, 7) is 2.37. The molecule has 6 rings (SSSR count). The number of nitrogens with zero attached hydrogens (tertiary/aromatic N) is 1. The Labute approximate surface area is 220 Å². The Kier molecular flexibility index (Phi) is 5.70. The van der Waals surface area contributed by atoms with E-state index in [1.54, 1.807) is 16.4 Å². The number of fused-ring (bicyclic) bond motifs is 3. The van der Waals surface area contributed by atoms with E-state index in [0.29, 0.717) is 17.9 Å². The van der Waals surface area contributed by atoms with Gasteiger partial charge in [-0.2, -0.15) is 0 Å². The van der Waals surface area contributed by atoms with E-state index in [4.69, 9.17) is 0 Å². The average molecular weight is 555 g/mol. The van der Waals surface area contributed by atoms with Crippen LogP contribution >= 0.6 is 15.9 Å². The van der Waals surface area contributed by atoms with Crippen molar-refractivity contribution in [3.63, 3.8) is 0 Å². The van der Waals surface area contributed by atoms with Crippen LogP contribution in [0.25, 0.3) is 33.0 Å². The van der Waals surface area contributed by atoms with E-state index in [9.17, 15) is 8.42 Å². The molecule has 0 atom stereocenters. The van der Waals surface area contributed by atoms with Crippen molar-refractivity contribution in [2.24, 2.45) is 0 Å². The van der Waals surface area contributed by atoms with Gasteiger partial charge in [0.1, 0.15) is 0 Å². The molecule has 1 aliphatic heterocycles. The van der Waals surface area contributed by atoms with E-state index >= 15 is 0 Å². The molecule has 3 nitrogen and oxygen atoms in total. The molecule has 0 saturated heterocycles. The number of halogens is 1. The molecule has 0 N–H and O–H groups in total. The Morgan fingerprint density at radius 1 is 0.722 bits per heavy atom. The number of hydrogen-bond donors (Lipinski definition) is 0. The molecule has 0 spiro atoms. The molecule has 0 radical (unpaired) electrons. The van der Waals surface area contributed by atoms with Crippen molar-refractivity contribution in [1.82, 2.24) is 0 Å². The highest BCUT2D eigenvalue weighted by atomic mass is 79.9. The summed E-state index contributed by atoms with van der Waals surface area (Å²) in [5.74, 6) is 0. The summed E-state index contributed by atoms with van der Waals surface area (Å²) in [5.41, 5.74) is 7.29. The largest absolute Gasteiger partial charge is 0.265 e. The van der Waals surface area contributed by atoms with Crippen LogP contribution in [-0.4, -0.2) is 15.0 Å². The van der Waals surface area contributed by atoms with Gasteiger partial charge in [0.25, 0.3) is 10.0 Å². The van der Waals surface area contributed by atoms with Crippen LogP contribution in [0.2, 0.25) is 0 Å². The molecule has 36 heavy (non-hydrogen) atoms. The third-order valence-electron chi connectivity index (χ3n) is 6.90. The van der Waals surface area contributed by atoms with Crippen molar-refractivity contribution in [3.05, 3.63) is 119 Å². The third-order valence-corrected chi connectivity index (χ3v) is 9.38. The maximum absolute atomic E-state index is 14.0. The standard InChI is InChI=1S/C31H24BrNO2S/c1-21-15-17-24(18-16-21)36(34,35)33-20-19-26-28(22-9-4-2-5-10-22)29(23-11-6-3-7-12-23)30-25(31(26)33)13-8-14-27(30)32/h2-18H,19-20H2,1H3. The molecule has 0 aromatic heterocycles. The van der Waals surface area contributed by atoms with Gasteiger partial charge in [0.2, 0.25) is 0 Å². The molecule has 0 saturated carbocycles. The second-order valence-corrected chi connectivity index (χ2v) is 11.8. The summed E-state index contributed by atoms with van der Waals surface area (Å²) in [6, 6.07) is 33.9. The second kappa shape index (κ2) is 8.91. The Hall–Kier alpha value is -3.41. The fourth-order valence-corrected chi connectivity index (χ4v) is 7.36. The topological polar surface area (TPSA) is 37.4 Å². The second-order valence-electron chi connectivity index (χ2n) is 9.11. The zero-order valence-electron chi connectivity index (χ0n) is 19.8. The normalized spacial score (nSPS) is 13.2. The maximum atomic E-state index is 14.0. The van der Waals surface area contributed by atoms with Gasteiger partial charge in [-0.1, -0.05) is 106 Å². The summed E-state index contributed by atoms with van der Waals surface area (Å²) in [7, 11) is -3.73. The van der Waals surface area contributed by atoms with Gasteiger partial charge >= 0.3 is 0 Å². The molecule has 0 bridgehead atoms. The van der Waals surface area contributed by atoms with Crippen LogP contribution in [0, 0.1) is 6.92 Å². The fraction of sp³-hybridized carbons (Fsp3) is 0.0968. The minimum absolute atomic E-state index is 0.317. The minimum Gasteiger partial charge on any atom is -0.265 e. The lowest BCUT2D eigenvalue weighted by Crippen LogP contribution is -2.29. The first-order valence-electron chi connectivity index (χ1n) is 11.9. The van der Waals surface area contributed by atoms with Gasteiger partial charge in [0, 0.05) is 21.8 Å². The molecule has 0 fully saturated rings. The first-order valence-corrected chi connectivity index (χ1v) is 14.2. The molecule has 1 heterocycles. The molecule has 0 aliphatic carbocycles. The van der Waals surface area contributed by atoms with Crippen LogP contribution in [0.15, 0.2) is 112 Å². The minimum atomic E-state index is -3.73. The van der Waals surface area contributed by atoms with Gasteiger partial charge in [-0.25, -0.2) is 8.42 Å². The maximum Gasteiger partial charge on any atom is 0.264 e. The molecule has 1 aliphatic rings. The lowest BCUT2D eigenvalue weighted by atomic mass is 9.85. The zero-order valence-corrected chi connectivity index (χ0v) is 22.2. The first kappa shape index (κ1) is 23.0. The van der Waals surface area contributed by atoms with Crippen LogP contribution in [0.1, 0.15) is 11.1 Å². The lowest BCUT2D eigenvalue weighted by molar-refractivity contribution is 0.592. The lowest BCUT2D eigenvalue weighted by Gasteiger charge is -2.25. The highest BCUT2D eigenvalue weighted by molar-refractivity contribution is 9.10. The number of rotatable bonds is 4. The number of aryl methyl sites for hydroxylation is 1. The zero-order chi connectivity index (χ0) is 24.9. The van der Waals surface area contributed by atoms with Crippen LogP contribution in [-0.2, 0) is 16.4 Å². The first-order chi connectivity index (χ1) is 17.5. The molecule has 0 amide bonds. The molecule has 5 heteroatoms. The average Bonchev–Trinajstić information content (AvgIpc) is 3.36. The van der Waals surface area contributed by atoms with E-state index in [1.165, 1.54) is 0 Å². The highest BCUT2D eigenvalue weighted by Crippen LogP contribution is 2.51. The van der Waals surface area contributed by atoms with E-state index in [0.717, 1.165) is 54.3 Å². The summed E-state index contributed by atoms with van der Waals surface area (Å²) in [5, 5.41) is 1.96. The van der Waals surface area contributed by atoms with Crippen molar-refractivity contribution >= 4 is 42.4 Å². The van der Waals surface area contributed by atoms with E-state index in [1.807, 2.05) is 73.7 Å². The molecule has 5 aromatic carbocycles. The van der Waals surface area contributed by atoms with Crippen molar-refractivity contribution in [1.29, 1.82) is 0 Å². The smallest absolute Gasteiger partial charge is 0.264 e. The van der Waals surface area contributed by atoms with E-state index < -0.39 is 10.0 Å². The SMILES string of the molecule is Cc1ccc(S(=O)(=O)N2CCc3c(-c4ccccc4)c(-c4ccccc4)c4c(Br)cccc4c32)cc1. The third kappa shape index (κ3) is 3.66. The van der Waals surface area contributed by atoms with Gasteiger partial charge in [0.15, 0.2) is 0 Å². The molecule has 5 aromatic rings. The molecule has 178 valence electrons. The van der Waals surface area contributed by atoms with E-state index in [2.05, 4.69) is 40.2 Å². The van der Waals surface area contributed by atoms with Gasteiger partial charge in [-0.05, 0) is 59.4 Å². The van der Waals surface area contributed by atoms with Crippen LogP contribution in [0.4, 0.5) is 5.69 Å². The summed E-state index contributed by atoms with van der Waals surface area (Å²) < 4.78 is 30.5. The summed E-state index contributed by atoms with van der Waals surface area (Å²) in [6.07, 6.45) is 0.646. The van der Waals surface area contributed by atoms with Gasteiger partial charge in [0.05, 0.1) is 10.6 Å². The van der Waals surface area contributed by atoms with Crippen molar-refractivity contribution in [2.45, 2.75) is 18.2 Å². The van der Waals surface area contributed by atoms with Crippen molar-refractivity contribution in [3.8, 4) is 22.3 Å². The molecular formula is C31H24BrNO2S. The van der Waals surface area contributed by atoms with Crippen molar-refractivity contribution in [2.75, 3.05) is 10.8 Å². The van der Waals surface area contributed by atoms with Gasteiger partial charge in [-0.15, -0.1) is 0 Å². The summed E-state index contributed by atoms with van der Waals surface area (Å²) >= 11 is 3.82. The highest BCUT2D eigenvalue weighted by Gasteiger charge is 2.36. The molecular weight excluding hydrogens is 530 g/mol. The summed E-state index contributed by atoms with van der Waals surface area (Å²) in [4.78, 5) is 0.317. The van der Waals surface area contributed by atoms with Crippen LogP contribution in [0.3, 0.4) is 0 Å². The number of sulfonamides is 1. The Bertz CT molecular complexity index is 1700. The van der Waals surface area contributed by atoms with E-state index in [-0.39, 0.29) is 0 Å². The van der Waals surface area contributed by atoms with Crippen molar-refractivity contribution < 1.29 is 8.42 Å². The number of anilines is 1. The number of hydrogen-bond acceptors (Lipinski definition) is 2. The van der Waals surface area contributed by atoms with Crippen LogP contribution < -0.4 is 4.31 Å². The monoisotopic (exact) mass is 553 g/mol. The van der Waals surface area contributed by atoms with Gasteiger partial charge < -0.3 is 0 Å². The van der Waals surface area contributed by atoms with Crippen LogP contribution in [0.5, 0.6) is 0 Å². The fourth-order valence-electron chi connectivity index (χ4n) is 5.28. The Morgan fingerprint density at radius 2 is 1.33 bits per heavy atom. The Balaban J connectivity index is 1.73.